The van der Waals surface area contributed by atoms with Crippen molar-refractivity contribution >= 4 is 10.0 Å². The molecule has 0 amide bonds. The smallest absolute Gasteiger partial charge is 0.212 e. The van der Waals surface area contributed by atoms with Crippen LogP contribution in [0.1, 0.15) is 33.6 Å². The second kappa shape index (κ2) is 3.79. The first-order chi connectivity index (χ1) is 6.23. The highest BCUT2D eigenvalue weighted by molar-refractivity contribution is 7.89. The van der Waals surface area contributed by atoms with Crippen molar-refractivity contribution in [2.75, 3.05) is 5.75 Å². The Kier molecular flexibility index (Phi) is 3.23. The van der Waals surface area contributed by atoms with Crippen LogP contribution in [0.25, 0.3) is 0 Å². The first-order valence-electron chi connectivity index (χ1n) is 4.93. The van der Waals surface area contributed by atoms with Gasteiger partial charge in [-0.15, -0.1) is 0 Å². The maximum Gasteiger partial charge on any atom is 0.212 e. The van der Waals surface area contributed by atoms with E-state index in [4.69, 9.17) is 0 Å². The van der Waals surface area contributed by atoms with Gasteiger partial charge in [-0.05, 0) is 39.5 Å². The third-order valence-electron chi connectivity index (χ3n) is 2.62. The highest BCUT2D eigenvalue weighted by Crippen LogP contribution is 2.30. The van der Waals surface area contributed by atoms with Crippen LogP contribution in [0.3, 0.4) is 0 Å². The molecule has 1 atom stereocenters. The molecule has 1 fully saturated rings. The monoisotopic (exact) mass is 221 g/mol. The van der Waals surface area contributed by atoms with E-state index < -0.39 is 21.7 Å². The molecule has 14 heavy (non-hydrogen) atoms. The summed E-state index contributed by atoms with van der Waals surface area (Å²) >= 11 is 0. The summed E-state index contributed by atoms with van der Waals surface area (Å²) in [6.45, 7) is 4.95. The van der Waals surface area contributed by atoms with E-state index in [-0.39, 0.29) is 5.75 Å². The van der Waals surface area contributed by atoms with Crippen molar-refractivity contribution in [2.45, 2.75) is 45.3 Å². The molecular weight excluding hydrogens is 202 g/mol. The minimum atomic E-state index is -3.23. The summed E-state index contributed by atoms with van der Waals surface area (Å²) in [7, 11) is -3.23. The lowest BCUT2D eigenvalue weighted by Crippen LogP contribution is -2.51. The zero-order valence-electron chi connectivity index (χ0n) is 8.95. The molecule has 1 aliphatic carbocycles. The van der Waals surface area contributed by atoms with Crippen LogP contribution in [0, 0.1) is 5.92 Å². The van der Waals surface area contributed by atoms with Gasteiger partial charge in [-0.1, -0.05) is 0 Å². The molecule has 2 N–H and O–H groups in total. The van der Waals surface area contributed by atoms with Gasteiger partial charge in [0.2, 0.25) is 10.0 Å². The maximum atomic E-state index is 11.6. The Labute approximate surface area is 85.8 Å². The summed E-state index contributed by atoms with van der Waals surface area (Å²) < 4.78 is 25.7. The van der Waals surface area contributed by atoms with Gasteiger partial charge < -0.3 is 5.11 Å². The molecule has 84 valence electrons. The largest absolute Gasteiger partial charge is 0.391 e. The van der Waals surface area contributed by atoms with Crippen LogP contribution in [-0.2, 0) is 10.0 Å². The number of aliphatic hydroxyl groups excluding tert-OH is 1. The van der Waals surface area contributed by atoms with Crippen LogP contribution in [0.15, 0.2) is 0 Å². The van der Waals surface area contributed by atoms with Crippen LogP contribution in [0.5, 0.6) is 0 Å². The molecule has 0 aromatic heterocycles. The van der Waals surface area contributed by atoms with E-state index >= 15 is 0 Å². The van der Waals surface area contributed by atoms with Gasteiger partial charge in [0, 0.05) is 0 Å². The first kappa shape index (κ1) is 11.9. The summed E-state index contributed by atoms with van der Waals surface area (Å²) in [5.74, 6) is 0.528. The molecule has 1 saturated carbocycles. The fourth-order valence-electron chi connectivity index (χ4n) is 1.12. The summed E-state index contributed by atoms with van der Waals surface area (Å²) in [5, 5.41) is 9.37. The highest BCUT2D eigenvalue weighted by Gasteiger charge is 2.33. The van der Waals surface area contributed by atoms with Crippen molar-refractivity contribution in [1.29, 1.82) is 0 Å². The fourth-order valence-corrected chi connectivity index (χ4v) is 3.13. The topological polar surface area (TPSA) is 66.4 Å². The Hall–Kier alpha value is -0.130. The average Bonchev–Trinajstić information content (AvgIpc) is 2.67. The zero-order valence-corrected chi connectivity index (χ0v) is 9.76. The van der Waals surface area contributed by atoms with E-state index in [9.17, 15) is 13.5 Å². The van der Waals surface area contributed by atoms with E-state index in [2.05, 4.69) is 4.72 Å². The van der Waals surface area contributed by atoms with Gasteiger partial charge in [0.05, 0.1) is 17.4 Å². The SMILES string of the molecule is CC(O)C(C)(C)NS(=O)(=O)CC1CC1. The fraction of sp³-hybridized carbons (Fsp3) is 1.00. The van der Waals surface area contributed by atoms with E-state index in [1.807, 2.05) is 0 Å². The Bertz CT molecular complexity index is 291. The molecule has 0 aromatic carbocycles. The predicted octanol–water partition coefficient (Wildman–Crippen LogP) is 0.475. The lowest BCUT2D eigenvalue weighted by atomic mass is 10.0. The Morgan fingerprint density at radius 2 is 2.00 bits per heavy atom. The number of hydrogen-bond acceptors (Lipinski definition) is 3. The van der Waals surface area contributed by atoms with Crippen molar-refractivity contribution in [3.63, 3.8) is 0 Å². The van der Waals surface area contributed by atoms with Crippen LogP contribution < -0.4 is 4.72 Å². The van der Waals surface area contributed by atoms with Crippen molar-refractivity contribution < 1.29 is 13.5 Å². The first-order valence-corrected chi connectivity index (χ1v) is 6.58. The molecule has 0 aliphatic heterocycles. The molecule has 0 spiro atoms. The lowest BCUT2D eigenvalue weighted by molar-refractivity contribution is 0.111. The normalized spacial score (nSPS) is 20.9. The minimum Gasteiger partial charge on any atom is -0.391 e. The van der Waals surface area contributed by atoms with Crippen molar-refractivity contribution in [3.05, 3.63) is 0 Å². The predicted molar refractivity (Wildman–Crippen MR) is 55.4 cm³/mol. The lowest BCUT2D eigenvalue weighted by Gasteiger charge is -2.28. The quantitative estimate of drug-likeness (QED) is 0.709. The molecular formula is C9H19NO3S. The molecule has 1 rings (SSSR count). The van der Waals surface area contributed by atoms with Gasteiger partial charge in [0.25, 0.3) is 0 Å². The van der Waals surface area contributed by atoms with Crippen LogP contribution in [0.4, 0.5) is 0 Å². The molecule has 0 bridgehead atoms. The zero-order chi connectivity index (χ0) is 11.0. The number of rotatable bonds is 5. The Morgan fingerprint density at radius 3 is 2.36 bits per heavy atom. The molecule has 4 nitrogen and oxygen atoms in total. The Morgan fingerprint density at radius 1 is 1.50 bits per heavy atom. The van der Waals surface area contributed by atoms with Crippen LogP contribution >= 0.6 is 0 Å². The minimum absolute atomic E-state index is 0.198. The summed E-state index contributed by atoms with van der Waals surface area (Å²) in [6, 6.07) is 0. The second-order valence-corrected chi connectivity index (χ2v) is 6.49. The number of sulfonamides is 1. The van der Waals surface area contributed by atoms with Gasteiger partial charge in [-0.25, -0.2) is 13.1 Å². The average molecular weight is 221 g/mol. The van der Waals surface area contributed by atoms with E-state index in [0.29, 0.717) is 5.92 Å². The van der Waals surface area contributed by atoms with Gasteiger partial charge in [0.1, 0.15) is 0 Å². The molecule has 5 heteroatoms. The molecule has 0 heterocycles. The Balaban J connectivity index is 2.56. The maximum absolute atomic E-state index is 11.6. The third kappa shape index (κ3) is 3.55. The summed E-state index contributed by atoms with van der Waals surface area (Å²) in [4.78, 5) is 0. The standard InChI is InChI=1S/C9H19NO3S/c1-7(11)9(2,3)10-14(12,13)6-8-4-5-8/h7-8,10-11H,4-6H2,1-3H3. The van der Waals surface area contributed by atoms with Gasteiger partial charge >= 0.3 is 0 Å². The van der Waals surface area contributed by atoms with Gasteiger partial charge in [0.15, 0.2) is 0 Å². The number of aliphatic hydroxyl groups is 1. The van der Waals surface area contributed by atoms with Crippen LogP contribution in [-0.4, -0.2) is 30.9 Å². The van der Waals surface area contributed by atoms with Crippen molar-refractivity contribution in [1.82, 2.24) is 4.72 Å². The van der Waals surface area contributed by atoms with Crippen molar-refractivity contribution in [2.24, 2.45) is 5.92 Å². The molecule has 1 aliphatic rings. The molecule has 0 radical (unpaired) electrons. The van der Waals surface area contributed by atoms with Gasteiger partial charge in [-0.2, -0.15) is 0 Å². The van der Waals surface area contributed by atoms with E-state index in [1.165, 1.54) is 0 Å². The number of nitrogens with one attached hydrogen (secondary N) is 1. The number of hydrogen-bond donors (Lipinski definition) is 2. The second-order valence-electron chi connectivity index (χ2n) is 4.72. The van der Waals surface area contributed by atoms with Gasteiger partial charge in [-0.3, -0.25) is 0 Å². The van der Waals surface area contributed by atoms with Crippen molar-refractivity contribution in [3.8, 4) is 0 Å². The molecule has 0 saturated heterocycles. The summed E-state index contributed by atoms with van der Waals surface area (Å²) in [6.07, 6.45) is 1.32. The third-order valence-corrected chi connectivity index (χ3v) is 4.36. The molecule has 1 unspecified atom stereocenters. The van der Waals surface area contributed by atoms with E-state index in [0.717, 1.165) is 12.8 Å². The highest BCUT2D eigenvalue weighted by atomic mass is 32.2. The summed E-state index contributed by atoms with van der Waals surface area (Å²) in [5.41, 5.74) is -0.784. The van der Waals surface area contributed by atoms with Crippen LogP contribution in [0.2, 0.25) is 0 Å². The molecule has 0 aromatic rings. The van der Waals surface area contributed by atoms with E-state index in [1.54, 1.807) is 20.8 Å².